The van der Waals surface area contributed by atoms with Gasteiger partial charge in [-0.05, 0) is 228 Å². The van der Waals surface area contributed by atoms with Crippen LogP contribution in [0.5, 0.6) is 0 Å². The Morgan fingerprint density at radius 3 is 0.917 bits per heavy atom. The summed E-state index contributed by atoms with van der Waals surface area (Å²) in [4.78, 5) is 34.0. The summed E-state index contributed by atoms with van der Waals surface area (Å²) in [5.41, 5.74) is 23.2. The Bertz CT molecular complexity index is 5250. The Morgan fingerprint density at radius 1 is 0.352 bits per heavy atom. The van der Waals surface area contributed by atoms with Crippen LogP contribution in [-0.2, 0) is 36.5 Å². The lowest BCUT2D eigenvalue weighted by molar-refractivity contribution is 0.103. The number of benzene rings is 7. The van der Waals surface area contributed by atoms with Gasteiger partial charge in [0, 0.05) is 73.5 Å². The van der Waals surface area contributed by atoms with Gasteiger partial charge < -0.3 is 0 Å². The molecule has 0 bridgehead atoms. The van der Waals surface area contributed by atoms with E-state index >= 15 is 0 Å². The largest absolute Gasteiger partial charge is 0.289 e. The number of nitrogens with zero attached hydrogens (tertiary/aromatic N) is 4. The highest BCUT2D eigenvalue weighted by Crippen LogP contribution is 2.68. The van der Waals surface area contributed by atoms with Crippen LogP contribution in [0.15, 0.2) is 168 Å². The van der Waals surface area contributed by atoms with Crippen molar-refractivity contribution in [2.45, 2.75) is 195 Å². The van der Waals surface area contributed by atoms with E-state index in [0.29, 0.717) is 44.5 Å². The summed E-state index contributed by atoms with van der Waals surface area (Å²) in [7, 11) is 0. The first-order valence-corrected chi connectivity index (χ1v) is 42.5. The number of carbonyl (C=O) groups is 2. The number of hydrogen-bond donors (Lipinski definition) is 0. The molecule has 11 aromatic rings. The fourth-order valence-electron chi connectivity index (χ4n) is 17.7. The molecule has 4 aromatic heterocycles. The lowest BCUT2D eigenvalue weighted by Crippen LogP contribution is -2.30. The number of allylic oxidation sites excluding steroid dienone is 6. The summed E-state index contributed by atoms with van der Waals surface area (Å²) in [5, 5.41) is 42.3. The van der Waals surface area contributed by atoms with E-state index in [9.17, 15) is 30.6 Å². The third-order valence-electron chi connectivity index (χ3n) is 23.6. The van der Waals surface area contributed by atoms with Crippen molar-refractivity contribution in [1.82, 2.24) is 0 Å². The molecule has 0 radical (unpaired) electrons. The number of carbonyl (C=O) groups excluding carboxylic acids is 2. The van der Waals surface area contributed by atoms with Crippen molar-refractivity contribution in [1.29, 1.82) is 21.0 Å². The predicted molar refractivity (Wildman–Crippen MR) is 452 cm³/mol. The van der Waals surface area contributed by atoms with E-state index in [0.717, 1.165) is 102 Å². The zero-order valence-electron chi connectivity index (χ0n) is 63.4. The monoisotopic (exact) mass is 1480 g/mol. The zero-order valence-corrected chi connectivity index (χ0v) is 66.7. The molecule has 538 valence electrons. The second-order valence-corrected chi connectivity index (χ2v) is 34.7. The number of fused-ring (bicyclic) bond motifs is 12. The maximum atomic E-state index is 14.9. The van der Waals surface area contributed by atoms with Crippen LogP contribution in [-0.4, -0.2) is 11.6 Å². The second-order valence-electron chi connectivity index (χ2n) is 30.5. The van der Waals surface area contributed by atoms with Crippen LogP contribution in [0.2, 0.25) is 0 Å². The molecule has 108 heavy (non-hydrogen) atoms. The van der Waals surface area contributed by atoms with Gasteiger partial charge in [0.1, 0.15) is 35.4 Å². The first-order chi connectivity index (χ1) is 52.7. The van der Waals surface area contributed by atoms with Gasteiger partial charge in [-0.1, -0.05) is 214 Å². The van der Waals surface area contributed by atoms with Crippen molar-refractivity contribution in [3.63, 3.8) is 0 Å². The Hall–Kier alpha value is -9.88. The van der Waals surface area contributed by atoms with Gasteiger partial charge in [-0.2, -0.15) is 21.0 Å². The van der Waals surface area contributed by atoms with Crippen molar-refractivity contribution in [3.05, 3.63) is 289 Å². The van der Waals surface area contributed by atoms with Crippen LogP contribution >= 0.6 is 45.3 Å². The molecule has 0 aliphatic heterocycles. The Labute approximate surface area is 653 Å². The van der Waals surface area contributed by atoms with Crippen LogP contribution < -0.4 is 0 Å². The standard InChI is InChI=1S/C98H90N4O2S4/c1-9-13-17-21-25-63-29-37-69(38-30-63)97(70-39-31-64(32-40-70)26-22-18-14-10-2)83-53-80-84(54-79(83)93-89(97)95-85(107-93)51-73(105-95)49-81-87(67(55-99)56-100)75-45-59(5)61(7)47-77(75)91(81)103)98(71-41-33-65(34-42-71)27-23-19-15-11-3,72-43-35-66(36-44-72)28-24-20-16-12-4)90-94(80)108-86-52-74(106-96(86)90)50-82-88(68(57-101)58-102)76-46-60(6)62(8)48-78(76)92(82)104/h29-54H,9-28H2,1-8H3/b81-49-,82-50-. The first kappa shape index (κ1) is 73.6. The van der Waals surface area contributed by atoms with E-state index in [4.69, 9.17) is 0 Å². The molecule has 7 aromatic carbocycles. The number of Topliss-reactive ketones (excluding diaryl/α,β-unsaturated/α-hetero) is 2. The molecule has 0 unspecified atom stereocenters. The molecular weight excluding hydrogens is 1390 g/mol. The fourth-order valence-corrected chi connectivity index (χ4v) is 23.2. The van der Waals surface area contributed by atoms with E-state index in [-0.39, 0.29) is 22.7 Å². The summed E-state index contributed by atoms with van der Waals surface area (Å²) in [6, 6.07) is 64.6. The number of hydrogen-bond acceptors (Lipinski definition) is 10. The van der Waals surface area contributed by atoms with Gasteiger partial charge in [0.2, 0.25) is 0 Å². The summed E-state index contributed by atoms with van der Waals surface area (Å²) in [5.74, 6) is -0.365. The van der Waals surface area contributed by atoms with Crippen LogP contribution in [0.3, 0.4) is 0 Å². The van der Waals surface area contributed by atoms with E-state index in [1.165, 1.54) is 165 Å². The van der Waals surface area contributed by atoms with E-state index < -0.39 is 10.8 Å². The number of thiophene rings is 4. The Balaban J connectivity index is 1.01. The van der Waals surface area contributed by atoms with Crippen molar-refractivity contribution >= 4 is 99.0 Å². The number of nitriles is 4. The molecule has 4 aliphatic carbocycles. The minimum Gasteiger partial charge on any atom is -0.289 e. The van der Waals surface area contributed by atoms with Gasteiger partial charge in [-0.25, -0.2) is 0 Å². The van der Waals surface area contributed by atoms with Crippen LogP contribution in [0.25, 0.3) is 63.0 Å². The van der Waals surface area contributed by atoms with Crippen LogP contribution in [0.1, 0.15) is 261 Å². The molecular formula is C98H90N4O2S4. The van der Waals surface area contributed by atoms with E-state index in [1.807, 2.05) is 86.8 Å². The summed E-state index contributed by atoms with van der Waals surface area (Å²) in [6.07, 6.45) is 26.7. The van der Waals surface area contributed by atoms with Gasteiger partial charge in [-0.15, -0.1) is 45.3 Å². The number of ketones is 2. The minimum absolute atomic E-state index is 0.0737. The summed E-state index contributed by atoms with van der Waals surface area (Å²) < 4.78 is 4.50. The highest BCUT2D eigenvalue weighted by atomic mass is 32.1. The number of rotatable bonds is 26. The van der Waals surface area contributed by atoms with E-state index in [2.05, 4.69) is 173 Å². The SMILES string of the molecule is CCCCCCc1ccc(C2(c3ccc(CCCCCC)cc3)c3cc4c(cc3-c3sc5cc(/C=C6\C(=O)c7cc(C)c(C)cc7C6=C(C#N)C#N)sc5c32)C(c2ccc(CCCCCC)cc2)(c2ccc(CCCCCC)cc2)c2c-4sc3cc(/C=C4\C(=O)c5cc(C)c(C)cc5C4=C(C#N)C#N)sc23)cc1. The normalized spacial score (nSPS) is 14.8. The minimum atomic E-state index is -0.847. The molecule has 0 N–H and O–H groups in total. The van der Waals surface area contributed by atoms with Crippen molar-refractivity contribution < 1.29 is 9.59 Å². The molecule has 0 saturated heterocycles. The molecule has 15 rings (SSSR count). The first-order valence-electron chi connectivity index (χ1n) is 39.2. The second kappa shape index (κ2) is 31.0. The fraction of sp³-hybridized carbons (Fsp3) is 0.306. The maximum absolute atomic E-state index is 14.9. The Kier molecular flexibility index (Phi) is 21.1. The van der Waals surface area contributed by atoms with Gasteiger partial charge in [0.25, 0.3) is 0 Å². The average molecular weight is 1480 g/mol. The third kappa shape index (κ3) is 12.7. The average Bonchev–Trinajstić information content (AvgIpc) is 1.49. The number of unbranched alkanes of at least 4 members (excludes halogenated alkanes) is 12. The molecule has 4 heterocycles. The van der Waals surface area contributed by atoms with Crippen LogP contribution in [0.4, 0.5) is 0 Å². The van der Waals surface area contributed by atoms with Crippen LogP contribution in [0, 0.1) is 73.0 Å². The van der Waals surface area contributed by atoms with Gasteiger partial charge in [0.15, 0.2) is 11.6 Å². The van der Waals surface area contributed by atoms with Gasteiger partial charge in [-0.3, -0.25) is 9.59 Å². The van der Waals surface area contributed by atoms with Crippen molar-refractivity contribution in [2.75, 3.05) is 0 Å². The summed E-state index contributed by atoms with van der Waals surface area (Å²) >= 11 is 7.04. The third-order valence-corrected chi connectivity index (χ3v) is 28.4. The lowest BCUT2D eigenvalue weighted by Gasteiger charge is -2.36. The molecule has 4 aliphatic rings. The molecule has 0 spiro atoms. The van der Waals surface area contributed by atoms with Crippen molar-refractivity contribution in [2.24, 2.45) is 0 Å². The predicted octanol–water partition coefficient (Wildman–Crippen LogP) is 26.9. The highest BCUT2D eigenvalue weighted by Gasteiger charge is 2.55. The quantitative estimate of drug-likeness (QED) is 0.0302. The molecule has 0 amide bonds. The zero-order chi connectivity index (χ0) is 75.1. The highest BCUT2D eigenvalue weighted by molar-refractivity contribution is 7.31. The molecule has 10 heteroatoms. The smallest absolute Gasteiger partial charge is 0.194 e. The molecule has 0 fully saturated rings. The maximum Gasteiger partial charge on any atom is 0.194 e. The molecule has 6 nitrogen and oxygen atoms in total. The lowest BCUT2D eigenvalue weighted by atomic mass is 9.65. The topological polar surface area (TPSA) is 129 Å². The number of aryl methyl sites for hydroxylation is 8. The van der Waals surface area contributed by atoms with Gasteiger partial charge in [0.05, 0.1) is 20.2 Å². The van der Waals surface area contributed by atoms with Gasteiger partial charge >= 0.3 is 0 Å². The molecule has 0 atom stereocenters. The Morgan fingerprint density at radius 2 is 0.639 bits per heavy atom. The van der Waals surface area contributed by atoms with E-state index in [1.54, 1.807) is 22.7 Å². The van der Waals surface area contributed by atoms with Crippen molar-refractivity contribution in [3.8, 4) is 45.2 Å². The summed E-state index contributed by atoms with van der Waals surface area (Å²) in [6.45, 7) is 17.1. The molecule has 0 saturated carbocycles.